The number of hydrogen-bond donors (Lipinski definition) is 2. The van der Waals surface area contributed by atoms with E-state index in [4.69, 9.17) is 0 Å². The molecule has 19 heavy (non-hydrogen) atoms. The standard InChI is InChI=1S/C17H15NO/c19-17-11-14-7-5-4-6-13(14)10-15(17)12-18-16-8-2-1-3-9-16/h1-11,18-19H,12H2. The third-order valence-corrected chi connectivity index (χ3v) is 3.20. The Labute approximate surface area is 112 Å². The van der Waals surface area contributed by atoms with Gasteiger partial charge >= 0.3 is 0 Å². The van der Waals surface area contributed by atoms with Crippen LogP contribution >= 0.6 is 0 Å². The molecule has 0 aliphatic carbocycles. The zero-order valence-electron chi connectivity index (χ0n) is 10.5. The second kappa shape index (κ2) is 5.02. The monoisotopic (exact) mass is 249 g/mol. The first-order valence-electron chi connectivity index (χ1n) is 6.32. The minimum atomic E-state index is 0.335. The first kappa shape index (κ1) is 11.6. The lowest BCUT2D eigenvalue weighted by Crippen LogP contribution is -1.99. The zero-order valence-corrected chi connectivity index (χ0v) is 10.5. The van der Waals surface area contributed by atoms with E-state index >= 15 is 0 Å². The molecule has 0 aromatic heterocycles. The third-order valence-electron chi connectivity index (χ3n) is 3.20. The van der Waals surface area contributed by atoms with Crippen molar-refractivity contribution in [1.29, 1.82) is 0 Å². The summed E-state index contributed by atoms with van der Waals surface area (Å²) in [7, 11) is 0. The number of para-hydroxylation sites is 1. The summed E-state index contributed by atoms with van der Waals surface area (Å²) in [5.41, 5.74) is 1.96. The van der Waals surface area contributed by atoms with Gasteiger partial charge in [-0.1, -0.05) is 42.5 Å². The minimum Gasteiger partial charge on any atom is -0.508 e. The first-order chi connectivity index (χ1) is 9.33. The quantitative estimate of drug-likeness (QED) is 0.730. The van der Waals surface area contributed by atoms with Crippen molar-refractivity contribution in [2.45, 2.75) is 6.54 Å². The Morgan fingerprint density at radius 2 is 1.42 bits per heavy atom. The lowest BCUT2D eigenvalue weighted by Gasteiger charge is -2.09. The van der Waals surface area contributed by atoms with Crippen molar-refractivity contribution < 1.29 is 5.11 Å². The highest BCUT2D eigenvalue weighted by Crippen LogP contribution is 2.25. The summed E-state index contributed by atoms with van der Waals surface area (Å²) in [5.74, 6) is 0.335. The molecule has 3 aromatic rings. The highest BCUT2D eigenvalue weighted by atomic mass is 16.3. The summed E-state index contributed by atoms with van der Waals surface area (Å²) in [5, 5.41) is 15.6. The first-order valence-corrected chi connectivity index (χ1v) is 6.32. The van der Waals surface area contributed by atoms with E-state index in [9.17, 15) is 5.11 Å². The maximum absolute atomic E-state index is 10.0. The van der Waals surface area contributed by atoms with Crippen molar-refractivity contribution in [3.63, 3.8) is 0 Å². The lowest BCUT2D eigenvalue weighted by molar-refractivity contribution is 0.470. The van der Waals surface area contributed by atoms with Gasteiger partial charge in [-0.15, -0.1) is 0 Å². The van der Waals surface area contributed by atoms with E-state index < -0.39 is 0 Å². The average Bonchev–Trinajstić information content (AvgIpc) is 2.46. The molecule has 0 saturated heterocycles. The van der Waals surface area contributed by atoms with Gasteiger partial charge in [-0.2, -0.15) is 0 Å². The number of aromatic hydroxyl groups is 1. The Morgan fingerprint density at radius 1 is 0.789 bits per heavy atom. The second-order valence-corrected chi connectivity index (χ2v) is 4.55. The number of phenolic OH excluding ortho intramolecular Hbond substituents is 1. The number of benzene rings is 3. The molecule has 2 N–H and O–H groups in total. The van der Waals surface area contributed by atoms with Gasteiger partial charge in [-0.05, 0) is 35.0 Å². The van der Waals surface area contributed by atoms with Crippen molar-refractivity contribution in [1.82, 2.24) is 0 Å². The van der Waals surface area contributed by atoms with Gasteiger partial charge in [0.2, 0.25) is 0 Å². The summed E-state index contributed by atoms with van der Waals surface area (Å²) >= 11 is 0. The van der Waals surface area contributed by atoms with E-state index in [1.165, 1.54) is 0 Å². The Hall–Kier alpha value is -2.48. The fourth-order valence-corrected chi connectivity index (χ4v) is 2.17. The normalized spacial score (nSPS) is 10.5. The van der Waals surface area contributed by atoms with Crippen LogP contribution in [0.4, 0.5) is 5.69 Å². The number of phenols is 1. The van der Waals surface area contributed by atoms with E-state index in [0.717, 1.165) is 22.0 Å². The van der Waals surface area contributed by atoms with Gasteiger partial charge < -0.3 is 10.4 Å². The topological polar surface area (TPSA) is 32.3 Å². The van der Waals surface area contributed by atoms with Gasteiger partial charge in [0, 0.05) is 17.8 Å². The highest BCUT2D eigenvalue weighted by Gasteiger charge is 2.03. The number of hydrogen-bond acceptors (Lipinski definition) is 2. The molecule has 0 saturated carbocycles. The zero-order chi connectivity index (χ0) is 13.1. The van der Waals surface area contributed by atoms with E-state index in [1.807, 2.05) is 60.7 Å². The van der Waals surface area contributed by atoms with Crippen LogP contribution in [-0.4, -0.2) is 5.11 Å². The maximum atomic E-state index is 10.0. The Morgan fingerprint density at radius 3 is 2.16 bits per heavy atom. The molecule has 0 aliphatic heterocycles. The summed E-state index contributed by atoms with van der Waals surface area (Å²) in [6.07, 6.45) is 0. The predicted molar refractivity (Wildman–Crippen MR) is 79.4 cm³/mol. The van der Waals surface area contributed by atoms with Gasteiger partial charge in [0.05, 0.1) is 0 Å². The largest absolute Gasteiger partial charge is 0.508 e. The van der Waals surface area contributed by atoms with Crippen LogP contribution < -0.4 is 5.32 Å². The van der Waals surface area contributed by atoms with Gasteiger partial charge in [-0.25, -0.2) is 0 Å². The molecule has 94 valence electrons. The molecular formula is C17H15NO. The van der Waals surface area contributed by atoms with Crippen molar-refractivity contribution >= 4 is 16.5 Å². The van der Waals surface area contributed by atoms with Crippen LogP contribution in [0, 0.1) is 0 Å². The van der Waals surface area contributed by atoms with Crippen molar-refractivity contribution in [2.75, 3.05) is 5.32 Å². The van der Waals surface area contributed by atoms with Crippen LogP contribution in [0.3, 0.4) is 0 Å². The molecule has 2 heteroatoms. The van der Waals surface area contributed by atoms with Crippen molar-refractivity contribution in [3.05, 3.63) is 72.3 Å². The molecule has 0 aliphatic rings. The van der Waals surface area contributed by atoms with E-state index in [-0.39, 0.29) is 0 Å². The molecule has 2 nitrogen and oxygen atoms in total. The molecule has 0 fully saturated rings. The van der Waals surface area contributed by atoms with Crippen LogP contribution in [0.1, 0.15) is 5.56 Å². The summed E-state index contributed by atoms with van der Waals surface area (Å²) in [4.78, 5) is 0. The molecule has 3 rings (SSSR count). The van der Waals surface area contributed by atoms with Crippen molar-refractivity contribution in [2.24, 2.45) is 0 Å². The molecule has 0 spiro atoms. The van der Waals surface area contributed by atoms with Gasteiger partial charge in [-0.3, -0.25) is 0 Å². The van der Waals surface area contributed by atoms with E-state index in [2.05, 4.69) is 11.4 Å². The van der Waals surface area contributed by atoms with Crippen LogP contribution in [-0.2, 0) is 6.54 Å². The van der Waals surface area contributed by atoms with Gasteiger partial charge in [0.15, 0.2) is 0 Å². The highest BCUT2D eigenvalue weighted by molar-refractivity contribution is 5.84. The molecule has 0 atom stereocenters. The Bertz CT molecular complexity index is 692. The second-order valence-electron chi connectivity index (χ2n) is 4.55. The molecule has 0 unspecified atom stereocenters. The van der Waals surface area contributed by atoms with Gasteiger partial charge in [0.25, 0.3) is 0 Å². The van der Waals surface area contributed by atoms with Crippen LogP contribution in [0.15, 0.2) is 66.7 Å². The smallest absolute Gasteiger partial charge is 0.121 e. The number of fused-ring (bicyclic) bond motifs is 1. The number of rotatable bonds is 3. The Kier molecular flexibility index (Phi) is 3.07. The minimum absolute atomic E-state index is 0.335. The third kappa shape index (κ3) is 2.52. The molecule has 0 heterocycles. The number of nitrogens with one attached hydrogen (secondary N) is 1. The lowest BCUT2D eigenvalue weighted by atomic mass is 10.1. The van der Waals surface area contributed by atoms with E-state index in [0.29, 0.717) is 12.3 Å². The molecule has 0 radical (unpaired) electrons. The maximum Gasteiger partial charge on any atom is 0.121 e. The molecule has 0 amide bonds. The number of anilines is 1. The summed E-state index contributed by atoms with van der Waals surface area (Å²) < 4.78 is 0. The summed E-state index contributed by atoms with van der Waals surface area (Å²) in [6, 6.07) is 21.9. The van der Waals surface area contributed by atoms with Gasteiger partial charge in [0.1, 0.15) is 5.75 Å². The van der Waals surface area contributed by atoms with Crippen LogP contribution in [0.25, 0.3) is 10.8 Å². The molecule has 0 bridgehead atoms. The van der Waals surface area contributed by atoms with Crippen LogP contribution in [0.5, 0.6) is 5.75 Å². The van der Waals surface area contributed by atoms with Crippen LogP contribution in [0.2, 0.25) is 0 Å². The fourth-order valence-electron chi connectivity index (χ4n) is 2.17. The SMILES string of the molecule is Oc1cc2ccccc2cc1CNc1ccccc1. The van der Waals surface area contributed by atoms with E-state index in [1.54, 1.807) is 0 Å². The average molecular weight is 249 g/mol. The predicted octanol–water partition coefficient (Wildman–Crippen LogP) is 4.16. The Balaban J connectivity index is 1.86. The molecular weight excluding hydrogens is 234 g/mol. The van der Waals surface area contributed by atoms with Crippen molar-refractivity contribution in [3.8, 4) is 5.75 Å². The molecule has 3 aromatic carbocycles. The fraction of sp³-hybridized carbons (Fsp3) is 0.0588. The summed E-state index contributed by atoms with van der Waals surface area (Å²) in [6.45, 7) is 0.612.